The average molecular weight is 448 g/mol. The van der Waals surface area contributed by atoms with E-state index < -0.39 is 21.6 Å². The summed E-state index contributed by atoms with van der Waals surface area (Å²) in [4.78, 5) is 10.8. The van der Waals surface area contributed by atoms with Crippen LogP contribution in [0.3, 0.4) is 0 Å². The maximum absolute atomic E-state index is 10.8. The molecular formula is C5H11NO4RfS. The maximum Gasteiger partial charge on any atom is 0.359 e. The molecule has 0 rings (SSSR count). The Morgan fingerprint density at radius 3 is 1.75 bits per heavy atom. The third kappa shape index (κ3) is 5.19. The minimum atomic E-state index is -4.41. The van der Waals surface area contributed by atoms with E-state index in [1.54, 1.807) is 0 Å². The van der Waals surface area contributed by atoms with Crippen LogP contribution >= 0.6 is 0 Å². The molecule has 0 aliphatic carbocycles. The molecule has 0 aliphatic heterocycles. The first-order valence-corrected chi connectivity index (χ1v) is 4.36. The molecule has 0 bridgehead atoms. The molecule has 0 unspecified atom stereocenters. The van der Waals surface area contributed by atoms with Crippen LogP contribution in [-0.2, 0) is 15.1 Å². The van der Waals surface area contributed by atoms with Gasteiger partial charge in [0.25, 0.3) is 0 Å². The number of rotatable bonds is 1. The van der Waals surface area contributed by atoms with Crippen LogP contribution in [0, 0.1) is 5.41 Å². The van der Waals surface area contributed by atoms with Crippen LogP contribution in [0.25, 0.3) is 0 Å². The molecule has 1 amide bonds. The topological polar surface area (TPSA) is 83.5 Å². The number of carbonyl (C=O) groups is 1. The quantitative estimate of drug-likeness (QED) is 0.552. The summed E-state index contributed by atoms with van der Waals surface area (Å²) in [7, 11) is -4.41. The van der Waals surface area contributed by atoms with Crippen LogP contribution in [0.2, 0.25) is 0 Å². The van der Waals surface area contributed by atoms with Gasteiger partial charge in [0.1, 0.15) is 0 Å². The Kier molecular flexibility index (Phi) is 3.45. The number of carbonyl (C=O) groups excluding carboxylic acids is 1. The van der Waals surface area contributed by atoms with Gasteiger partial charge in [-0.15, -0.1) is 0 Å². The fourth-order valence-electron chi connectivity index (χ4n) is 0.270. The van der Waals surface area contributed by atoms with Crippen LogP contribution in [0.15, 0.2) is 0 Å². The van der Waals surface area contributed by atoms with Crippen molar-refractivity contribution in [3.8, 4) is 0 Å². The predicted octanol–water partition coefficient (Wildman–Crippen LogP) is -0.0485. The van der Waals surface area contributed by atoms with E-state index >= 15 is 0 Å². The van der Waals surface area contributed by atoms with Gasteiger partial charge < -0.3 is 0 Å². The standard InChI is InChI=1S/C5H11NO4S.Rf/c1-5(2,3)4(7)6-11(8,9)10;/h1-3H3,(H,6,7)(H,8,9,10);. The fraction of sp³-hybridized carbons (Fsp3) is 0.800. The van der Waals surface area contributed by atoms with E-state index in [4.69, 9.17) is 4.55 Å². The summed E-state index contributed by atoms with van der Waals surface area (Å²) < 4.78 is 29.9. The zero-order valence-electron chi connectivity index (χ0n) is 7.29. The molecule has 0 aromatic rings. The molecular weight excluding hydrogens is 437 g/mol. The summed E-state index contributed by atoms with van der Waals surface area (Å²) in [5, 5.41) is 0. The van der Waals surface area contributed by atoms with Crippen LogP contribution in [0.4, 0.5) is 0 Å². The Hall–Kier alpha value is -1.62. The van der Waals surface area contributed by atoms with Crippen molar-refractivity contribution >= 4 is 16.2 Å². The monoisotopic (exact) mass is 448 g/mol. The first-order valence-electron chi connectivity index (χ1n) is 2.92. The zero-order chi connectivity index (χ0) is 9.28. The Morgan fingerprint density at radius 1 is 1.33 bits per heavy atom. The summed E-state index contributed by atoms with van der Waals surface area (Å²) in [5.41, 5.74) is -0.824. The molecule has 7 heteroatoms. The van der Waals surface area contributed by atoms with Gasteiger partial charge in [-0.3, -0.25) is 9.35 Å². The molecule has 0 saturated carbocycles. The van der Waals surface area contributed by atoms with Gasteiger partial charge in [-0.1, -0.05) is 20.8 Å². The second kappa shape index (κ2) is 3.19. The Morgan fingerprint density at radius 2 is 1.67 bits per heavy atom. The van der Waals surface area contributed by atoms with Gasteiger partial charge in [0.2, 0.25) is 5.91 Å². The molecule has 0 aliphatic rings. The Labute approximate surface area is 65.7 Å². The zero-order valence-corrected chi connectivity index (χ0v) is 14.5. The molecule has 0 aromatic carbocycles. The van der Waals surface area contributed by atoms with Gasteiger partial charge in [-0.25, -0.2) is 4.72 Å². The minimum Gasteiger partial charge on any atom is -0.273 e. The summed E-state index contributed by atoms with van der Waals surface area (Å²) in [6, 6.07) is 0. The molecule has 0 radical (unpaired) electrons. The van der Waals surface area contributed by atoms with Gasteiger partial charge in [0.15, 0.2) is 0 Å². The molecule has 0 heterocycles. The second-order valence-electron chi connectivity index (χ2n) is 3.16. The molecule has 0 spiro atoms. The normalized spacial score (nSPS) is 11.7. The van der Waals surface area contributed by atoms with Gasteiger partial charge in [-0.2, -0.15) is 8.42 Å². The van der Waals surface area contributed by atoms with Crippen molar-refractivity contribution in [3.63, 3.8) is 0 Å². The number of amides is 1. The first kappa shape index (κ1) is 13.0. The van der Waals surface area contributed by atoms with Crippen molar-refractivity contribution < 1.29 is 17.8 Å². The first-order chi connectivity index (χ1) is 4.63. The molecule has 0 fully saturated rings. The Balaban J connectivity index is 0. The summed E-state index contributed by atoms with van der Waals surface area (Å²) in [6.07, 6.45) is 0. The molecule has 0 aromatic heterocycles. The SMILES string of the molecule is CC(C)(C)C(=O)NS(=O)(=O)O.[Rf]. The van der Waals surface area contributed by atoms with Crippen LogP contribution < -0.4 is 4.72 Å². The average Bonchev–Trinajstić information content (AvgIpc) is 1.56. The van der Waals surface area contributed by atoms with E-state index in [0.717, 1.165) is 0 Å². The number of hydrogen-bond acceptors (Lipinski definition) is 3. The molecule has 12 heavy (non-hydrogen) atoms. The van der Waals surface area contributed by atoms with Crippen molar-refractivity contribution in [2.75, 3.05) is 0 Å². The molecule has 0 atom stereocenters. The number of nitrogens with one attached hydrogen (secondary N) is 1. The van der Waals surface area contributed by atoms with E-state index in [1.807, 2.05) is 0 Å². The van der Waals surface area contributed by atoms with E-state index in [1.165, 1.54) is 25.5 Å². The van der Waals surface area contributed by atoms with E-state index in [0.29, 0.717) is 0 Å². The molecule has 0 saturated heterocycles. The maximum atomic E-state index is 10.8. The van der Waals surface area contributed by atoms with Crippen molar-refractivity contribution in [1.29, 1.82) is 0 Å². The van der Waals surface area contributed by atoms with E-state index in [-0.39, 0.29) is 0 Å². The van der Waals surface area contributed by atoms with Gasteiger partial charge >= 0.3 is 10.3 Å². The summed E-state index contributed by atoms with van der Waals surface area (Å²) in [6.45, 7) is 4.61. The van der Waals surface area contributed by atoms with Gasteiger partial charge in [0, 0.05) is 5.41 Å². The Bertz CT molecular complexity index is 253. The largest absolute Gasteiger partial charge is 0.359 e. The van der Waals surface area contributed by atoms with Crippen LogP contribution in [0.5, 0.6) is 0 Å². The number of hydrogen-bond donors (Lipinski definition) is 2. The third-order valence-electron chi connectivity index (χ3n) is 0.903. The fourth-order valence-corrected chi connectivity index (χ4v) is 0.811. The summed E-state index contributed by atoms with van der Waals surface area (Å²) in [5.74, 6) is -0.736. The predicted molar refractivity (Wildman–Crippen MR) is 39.1 cm³/mol. The smallest absolute Gasteiger partial charge is 0.273 e. The minimum absolute atomic E-state index is 0. The van der Waals surface area contributed by atoms with Crippen molar-refractivity contribution in [2.45, 2.75) is 20.8 Å². The van der Waals surface area contributed by atoms with Crippen LogP contribution in [0.1, 0.15) is 20.8 Å². The summed E-state index contributed by atoms with van der Waals surface area (Å²) >= 11 is 0. The van der Waals surface area contributed by atoms with Crippen LogP contribution in [-0.4, -0.2) is 18.9 Å². The third-order valence-corrected chi connectivity index (χ3v) is 1.35. The second-order valence-corrected chi connectivity index (χ2v) is 4.31. The molecule has 68 valence electrons. The van der Waals surface area contributed by atoms with Crippen molar-refractivity contribution in [1.82, 2.24) is 4.72 Å². The van der Waals surface area contributed by atoms with Crippen molar-refractivity contribution in [3.05, 3.63) is 0 Å². The van der Waals surface area contributed by atoms with E-state index in [2.05, 4.69) is 0 Å². The van der Waals surface area contributed by atoms with E-state index in [9.17, 15) is 13.2 Å². The van der Waals surface area contributed by atoms with Gasteiger partial charge in [-0.05, 0) is 0 Å². The van der Waals surface area contributed by atoms with Gasteiger partial charge in [0.05, 0.1) is 0 Å². The van der Waals surface area contributed by atoms with Crippen molar-refractivity contribution in [2.24, 2.45) is 5.41 Å². The molecule has 5 nitrogen and oxygen atoms in total. The molecule has 2 N–H and O–H groups in total.